The van der Waals surface area contributed by atoms with E-state index in [1.807, 2.05) is 0 Å². The van der Waals surface area contributed by atoms with Crippen molar-refractivity contribution in [1.29, 1.82) is 0 Å². The molecule has 220 valence electrons. The van der Waals surface area contributed by atoms with E-state index in [-0.39, 0.29) is 11.1 Å². The molecule has 4 rings (SSSR count). The zero-order chi connectivity index (χ0) is 31.7. The highest BCUT2D eigenvalue weighted by Crippen LogP contribution is 2.49. The number of ketones is 1. The van der Waals surface area contributed by atoms with E-state index in [9.17, 15) is 31.1 Å². The van der Waals surface area contributed by atoms with Gasteiger partial charge < -0.3 is 0 Å². The molecule has 1 aliphatic rings. The Kier molecular flexibility index (Phi) is 9.20. The van der Waals surface area contributed by atoms with Crippen LogP contribution in [0.2, 0.25) is 0 Å². The number of alkyl halides is 6. The molecule has 0 aliphatic heterocycles. The fourth-order valence-corrected chi connectivity index (χ4v) is 5.01. The molecule has 3 aromatic rings. The Morgan fingerprint density at radius 2 is 1.09 bits per heavy atom. The lowest BCUT2D eigenvalue weighted by Crippen LogP contribution is -2.05. The van der Waals surface area contributed by atoms with Crippen LogP contribution in [0.3, 0.4) is 0 Å². The maximum atomic E-state index is 14.4. The van der Waals surface area contributed by atoms with Gasteiger partial charge in [-0.05, 0) is 101 Å². The zero-order valence-electron chi connectivity index (χ0n) is 23.1. The predicted molar refractivity (Wildman–Crippen MR) is 168 cm³/mol. The molecule has 0 radical (unpaired) electrons. The first-order valence-corrected chi connectivity index (χ1v) is 14.1. The lowest BCUT2D eigenvalue weighted by atomic mass is 9.88. The third-order valence-electron chi connectivity index (χ3n) is 6.95. The van der Waals surface area contributed by atoms with E-state index in [0.717, 1.165) is 27.8 Å². The van der Waals surface area contributed by atoms with Crippen LogP contribution in [0.1, 0.15) is 41.7 Å². The molecule has 0 amide bonds. The molecule has 0 saturated heterocycles. The summed E-state index contributed by atoms with van der Waals surface area (Å²) in [6, 6.07) is 15.9. The minimum absolute atomic E-state index is 0.205. The first kappa shape index (κ1) is 32.0. The van der Waals surface area contributed by atoms with Crippen LogP contribution >= 0.6 is 22.6 Å². The molecule has 8 heteroatoms. The fraction of sp³-hybridized carbons (Fsp3) is 0.114. The smallest absolute Gasteiger partial charge is 0.289 e. The first-order chi connectivity index (χ1) is 20.1. The van der Waals surface area contributed by atoms with Crippen LogP contribution in [0.4, 0.5) is 26.3 Å². The van der Waals surface area contributed by atoms with Gasteiger partial charge >= 0.3 is 12.4 Å². The van der Waals surface area contributed by atoms with Crippen molar-refractivity contribution in [3.05, 3.63) is 158 Å². The Hall–Kier alpha value is -3.92. The molecule has 1 aliphatic carbocycles. The molecule has 0 aromatic heterocycles. The molecule has 0 atom stereocenters. The number of benzene rings is 3. The van der Waals surface area contributed by atoms with Gasteiger partial charge in [0.05, 0.1) is 11.1 Å². The van der Waals surface area contributed by atoms with E-state index in [4.69, 9.17) is 0 Å². The summed E-state index contributed by atoms with van der Waals surface area (Å²) < 4.78 is 81.6. The zero-order valence-corrected chi connectivity index (χ0v) is 25.3. The molecule has 0 bridgehead atoms. The van der Waals surface area contributed by atoms with E-state index in [1.165, 1.54) is 24.3 Å². The second-order valence-electron chi connectivity index (χ2n) is 9.87. The highest BCUT2D eigenvalue weighted by molar-refractivity contribution is 14.1. The number of Topliss-reactive ketones (excluding diaryl/α,β-unsaturated/α-hetero) is 1. The van der Waals surface area contributed by atoms with Gasteiger partial charge in [0.25, 0.3) is 0 Å². The third-order valence-corrected chi connectivity index (χ3v) is 7.67. The maximum absolute atomic E-state index is 14.4. The van der Waals surface area contributed by atoms with E-state index in [0.29, 0.717) is 44.6 Å². The summed E-state index contributed by atoms with van der Waals surface area (Å²) in [5.41, 5.74) is 2.23. The Labute approximate surface area is 259 Å². The van der Waals surface area contributed by atoms with Crippen molar-refractivity contribution in [2.45, 2.75) is 26.2 Å². The highest BCUT2D eigenvalue weighted by atomic mass is 127. The molecule has 1 nitrogen and oxygen atoms in total. The van der Waals surface area contributed by atoms with Gasteiger partial charge in [-0.25, -0.2) is 0 Å². The summed E-state index contributed by atoms with van der Waals surface area (Å²) in [5.74, 6) is -0.412. The van der Waals surface area contributed by atoms with Crippen molar-refractivity contribution in [2.75, 3.05) is 0 Å². The van der Waals surface area contributed by atoms with Gasteiger partial charge in [-0.3, -0.25) is 4.79 Å². The lowest BCUT2D eigenvalue weighted by Gasteiger charge is -2.16. The summed E-state index contributed by atoms with van der Waals surface area (Å²) in [5, 5.41) is 0. The maximum Gasteiger partial charge on any atom is 0.416 e. The molecule has 0 fully saturated rings. The Balaban J connectivity index is 2.07. The lowest BCUT2D eigenvalue weighted by molar-refractivity contribution is -0.138. The van der Waals surface area contributed by atoms with E-state index in [1.54, 1.807) is 56.3 Å². The van der Waals surface area contributed by atoms with Gasteiger partial charge in [0.2, 0.25) is 0 Å². The average Bonchev–Trinajstić information content (AvgIpc) is 3.25. The molecular formula is C35H25F6IO. The SMILES string of the molecule is C=C(C)C(=C)/C=C\C(=C/C)C1=C(c2ccc(C(F)(F)F)cc2)C(c2ccc(C(F)(F)F)cc2)=C(c2ccc(I)cc2)C1=O. The van der Waals surface area contributed by atoms with Crippen LogP contribution in [0.5, 0.6) is 0 Å². The van der Waals surface area contributed by atoms with Crippen molar-refractivity contribution in [3.63, 3.8) is 0 Å². The fourth-order valence-electron chi connectivity index (χ4n) is 4.66. The number of halogens is 7. The number of carbonyl (C=O) groups excluding carboxylic acids is 1. The normalized spacial score (nSPS) is 14.7. The number of hydrogen-bond donors (Lipinski definition) is 0. The molecule has 0 unspecified atom stereocenters. The van der Waals surface area contributed by atoms with E-state index >= 15 is 0 Å². The van der Waals surface area contributed by atoms with Crippen molar-refractivity contribution in [2.24, 2.45) is 0 Å². The molecule has 0 spiro atoms. The number of hydrogen-bond acceptors (Lipinski definition) is 1. The number of rotatable bonds is 7. The summed E-state index contributed by atoms with van der Waals surface area (Å²) in [7, 11) is 0. The van der Waals surface area contributed by atoms with Crippen LogP contribution in [-0.2, 0) is 17.1 Å². The largest absolute Gasteiger partial charge is 0.416 e. The van der Waals surface area contributed by atoms with Crippen LogP contribution < -0.4 is 0 Å². The van der Waals surface area contributed by atoms with Crippen molar-refractivity contribution in [1.82, 2.24) is 0 Å². The molecule has 0 saturated carbocycles. The average molecular weight is 702 g/mol. The summed E-state index contributed by atoms with van der Waals surface area (Å²) in [6.07, 6.45) is -4.11. The quantitative estimate of drug-likeness (QED) is 0.136. The Bertz CT molecular complexity index is 1710. The number of allylic oxidation sites excluding steroid dienone is 10. The second kappa shape index (κ2) is 12.4. The third kappa shape index (κ3) is 6.85. The van der Waals surface area contributed by atoms with Crippen LogP contribution in [0.25, 0.3) is 16.7 Å². The van der Waals surface area contributed by atoms with Gasteiger partial charge in [-0.2, -0.15) is 26.3 Å². The summed E-state index contributed by atoms with van der Waals surface area (Å²) in [6.45, 7) is 11.3. The van der Waals surface area contributed by atoms with Gasteiger partial charge in [0.1, 0.15) is 0 Å². The molecule has 3 aromatic carbocycles. The topological polar surface area (TPSA) is 17.1 Å². The summed E-state index contributed by atoms with van der Waals surface area (Å²) >= 11 is 2.12. The predicted octanol–water partition coefficient (Wildman–Crippen LogP) is 10.9. The molecular weight excluding hydrogens is 677 g/mol. The Morgan fingerprint density at radius 1 is 0.674 bits per heavy atom. The van der Waals surface area contributed by atoms with Crippen LogP contribution in [-0.4, -0.2) is 5.78 Å². The monoisotopic (exact) mass is 702 g/mol. The van der Waals surface area contributed by atoms with Crippen LogP contribution in [0, 0.1) is 3.57 Å². The van der Waals surface area contributed by atoms with Gasteiger partial charge in [-0.1, -0.05) is 73.4 Å². The van der Waals surface area contributed by atoms with Crippen LogP contribution in [0.15, 0.2) is 126 Å². The van der Waals surface area contributed by atoms with E-state index < -0.39 is 29.3 Å². The standard InChI is InChI=1S/C35H25F6IO/c1-5-22(7-6-21(4)20(2)3)31-29(23-8-14-26(15-9-23)34(36,37)38)30(24-10-16-27(17-11-24)35(39,40)41)32(33(31)43)25-12-18-28(42)19-13-25/h5-19H,2,4H2,1,3H3/b7-6-,22-5+. The highest BCUT2D eigenvalue weighted by Gasteiger charge is 2.37. The molecule has 0 N–H and O–H groups in total. The van der Waals surface area contributed by atoms with Crippen molar-refractivity contribution >= 4 is 45.1 Å². The summed E-state index contributed by atoms with van der Waals surface area (Å²) in [4.78, 5) is 14.4. The number of carbonyl (C=O) groups is 1. The van der Waals surface area contributed by atoms with Gasteiger partial charge in [-0.15, -0.1) is 0 Å². The Morgan fingerprint density at radius 3 is 1.51 bits per heavy atom. The molecule has 0 heterocycles. The minimum Gasteiger partial charge on any atom is -0.289 e. The first-order valence-electron chi connectivity index (χ1n) is 13.0. The molecule has 43 heavy (non-hydrogen) atoms. The van der Waals surface area contributed by atoms with Crippen molar-refractivity contribution in [3.8, 4) is 0 Å². The van der Waals surface area contributed by atoms with Gasteiger partial charge in [0.15, 0.2) is 5.78 Å². The minimum atomic E-state index is -4.58. The second-order valence-corrected chi connectivity index (χ2v) is 11.1. The van der Waals surface area contributed by atoms with E-state index in [2.05, 4.69) is 35.7 Å². The van der Waals surface area contributed by atoms with Crippen molar-refractivity contribution < 1.29 is 31.1 Å². The van der Waals surface area contributed by atoms with Gasteiger partial charge in [0, 0.05) is 25.9 Å².